The maximum Gasteiger partial charge on any atom is 0.338 e. The van der Waals surface area contributed by atoms with Gasteiger partial charge in [0.05, 0.1) is 5.69 Å². The third-order valence-corrected chi connectivity index (χ3v) is 5.69. The van der Waals surface area contributed by atoms with Crippen LogP contribution in [0.5, 0.6) is 5.75 Å². The molecular formula is C27H25N3O4. The molecule has 7 heteroatoms. The van der Waals surface area contributed by atoms with Crippen molar-refractivity contribution in [1.82, 2.24) is 9.47 Å². The fourth-order valence-corrected chi connectivity index (χ4v) is 3.98. The van der Waals surface area contributed by atoms with Crippen molar-refractivity contribution in [2.24, 2.45) is 0 Å². The summed E-state index contributed by atoms with van der Waals surface area (Å²) >= 11 is 0. The molecule has 34 heavy (non-hydrogen) atoms. The summed E-state index contributed by atoms with van der Waals surface area (Å²) in [7, 11) is 1.38. The van der Waals surface area contributed by atoms with E-state index in [1.807, 2.05) is 48.7 Å². The number of carbonyl (C=O) groups excluding carboxylic acids is 3. The number of aryl methyl sites for hydroxylation is 1. The average Bonchev–Trinajstić information content (AvgIpc) is 3.13. The van der Waals surface area contributed by atoms with Crippen LogP contribution in [0, 0.1) is 13.8 Å². The molecule has 4 rings (SSSR count). The van der Waals surface area contributed by atoms with Gasteiger partial charge in [0.1, 0.15) is 17.9 Å². The molecule has 0 atom stereocenters. The Morgan fingerprint density at radius 1 is 0.912 bits per heavy atom. The maximum absolute atomic E-state index is 13.3. The number of rotatable bonds is 6. The number of anilines is 1. The largest absolute Gasteiger partial charge is 0.490 e. The Labute approximate surface area is 198 Å². The molecule has 172 valence electrons. The van der Waals surface area contributed by atoms with Crippen LogP contribution in [0.1, 0.15) is 17.0 Å². The van der Waals surface area contributed by atoms with E-state index < -0.39 is 17.8 Å². The van der Waals surface area contributed by atoms with E-state index in [2.05, 4.69) is 6.58 Å². The van der Waals surface area contributed by atoms with E-state index in [1.165, 1.54) is 7.05 Å². The van der Waals surface area contributed by atoms with Crippen molar-refractivity contribution in [2.45, 2.75) is 13.8 Å². The Balaban J connectivity index is 1.72. The molecule has 0 N–H and O–H groups in total. The first kappa shape index (κ1) is 22.8. The maximum atomic E-state index is 13.3. The molecule has 1 aromatic heterocycles. The number of aromatic nitrogens is 1. The van der Waals surface area contributed by atoms with Crippen molar-refractivity contribution < 1.29 is 19.1 Å². The van der Waals surface area contributed by atoms with Crippen molar-refractivity contribution in [3.8, 4) is 11.4 Å². The summed E-state index contributed by atoms with van der Waals surface area (Å²) in [5, 5.41) is 0. The molecule has 0 radical (unpaired) electrons. The van der Waals surface area contributed by atoms with Crippen LogP contribution < -0.4 is 9.64 Å². The summed E-state index contributed by atoms with van der Waals surface area (Å²) in [5.41, 5.74) is 3.77. The topological polar surface area (TPSA) is 71.8 Å². The van der Waals surface area contributed by atoms with Gasteiger partial charge in [-0.1, -0.05) is 30.9 Å². The molecular weight excluding hydrogens is 430 g/mol. The van der Waals surface area contributed by atoms with Gasteiger partial charge in [-0.05, 0) is 68.0 Å². The van der Waals surface area contributed by atoms with Crippen LogP contribution in [-0.2, 0) is 9.59 Å². The van der Waals surface area contributed by atoms with Gasteiger partial charge in [-0.2, -0.15) is 0 Å². The van der Waals surface area contributed by atoms with E-state index in [9.17, 15) is 14.4 Å². The number of ether oxygens (including phenoxy) is 1. The third kappa shape index (κ3) is 4.03. The van der Waals surface area contributed by atoms with Crippen LogP contribution >= 0.6 is 0 Å². The summed E-state index contributed by atoms with van der Waals surface area (Å²) in [4.78, 5) is 40.8. The van der Waals surface area contributed by atoms with E-state index in [0.717, 1.165) is 38.2 Å². The molecule has 7 nitrogen and oxygen atoms in total. The fraction of sp³-hybridized carbons (Fsp3) is 0.148. The minimum atomic E-state index is -0.678. The number of amides is 4. The van der Waals surface area contributed by atoms with Crippen LogP contribution in [0.4, 0.5) is 10.5 Å². The van der Waals surface area contributed by atoms with Gasteiger partial charge < -0.3 is 9.30 Å². The number of nitrogens with zero attached hydrogens (tertiary/aromatic N) is 3. The standard InChI is InChI=1S/C27H25N3O4/c1-5-15-34-23-13-11-22(12-14-23)29-18(2)16-20(19(29)3)17-24-25(31)28(4)27(33)30(26(24)32)21-9-7-6-8-10-21/h5-14,16-17H,1,15H2,2-4H3/b24-17+. The lowest BCUT2D eigenvalue weighted by atomic mass is 10.1. The second kappa shape index (κ2) is 9.23. The molecule has 2 heterocycles. The Kier molecular flexibility index (Phi) is 6.19. The number of hydrogen-bond acceptors (Lipinski definition) is 4. The van der Waals surface area contributed by atoms with Crippen LogP contribution in [-0.4, -0.2) is 41.0 Å². The van der Waals surface area contributed by atoms with Gasteiger partial charge in [0, 0.05) is 24.1 Å². The molecule has 1 aliphatic rings. The third-order valence-electron chi connectivity index (χ3n) is 5.69. The van der Waals surface area contributed by atoms with Crippen molar-refractivity contribution in [3.63, 3.8) is 0 Å². The molecule has 4 amide bonds. The van der Waals surface area contributed by atoms with E-state index in [1.54, 1.807) is 42.5 Å². The highest BCUT2D eigenvalue weighted by atomic mass is 16.5. The first-order chi connectivity index (χ1) is 16.3. The Morgan fingerprint density at radius 3 is 2.24 bits per heavy atom. The summed E-state index contributed by atoms with van der Waals surface area (Å²) in [6, 6.07) is 17.4. The smallest absolute Gasteiger partial charge is 0.338 e. The van der Waals surface area contributed by atoms with Gasteiger partial charge in [-0.3, -0.25) is 14.5 Å². The zero-order valence-corrected chi connectivity index (χ0v) is 19.3. The number of barbiturate groups is 1. The molecule has 0 spiro atoms. The van der Waals surface area contributed by atoms with Crippen molar-refractivity contribution >= 4 is 29.6 Å². The van der Waals surface area contributed by atoms with Crippen LogP contribution in [0.2, 0.25) is 0 Å². The molecule has 3 aromatic rings. The lowest BCUT2D eigenvalue weighted by Gasteiger charge is -2.31. The average molecular weight is 456 g/mol. The molecule has 1 saturated heterocycles. The van der Waals surface area contributed by atoms with Crippen molar-refractivity contribution in [1.29, 1.82) is 0 Å². The molecule has 2 aromatic carbocycles. The van der Waals surface area contributed by atoms with Crippen LogP contribution in [0.25, 0.3) is 11.8 Å². The first-order valence-corrected chi connectivity index (χ1v) is 10.8. The minimum Gasteiger partial charge on any atom is -0.490 e. The molecule has 0 unspecified atom stereocenters. The minimum absolute atomic E-state index is 0.0700. The summed E-state index contributed by atoms with van der Waals surface area (Å²) in [6.07, 6.45) is 3.25. The Bertz CT molecular complexity index is 1300. The summed E-state index contributed by atoms with van der Waals surface area (Å²) < 4.78 is 7.59. The quantitative estimate of drug-likeness (QED) is 0.308. The van der Waals surface area contributed by atoms with E-state index in [4.69, 9.17) is 4.74 Å². The van der Waals surface area contributed by atoms with Crippen molar-refractivity contribution in [2.75, 3.05) is 18.6 Å². The highest BCUT2D eigenvalue weighted by Gasteiger charge is 2.41. The molecule has 1 fully saturated rings. The second-order valence-corrected chi connectivity index (χ2v) is 7.94. The van der Waals surface area contributed by atoms with Gasteiger partial charge >= 0.3 is 6.03 Å². The highest BCUT2D eigenvalue weighted by molar-refractivity contribution is 6.39. The van der Waals surface area contributed by atoms with Gasteiger partial charge in [-0.15, -0.1) is 0 Å². The van der Waals surface area contributed by atoms with Crippen molar-refractivity contribution in [3.05, 3.63) is 95.8 Å². The van der Waals surface area contributed by atoms with Crippen LogP contribution in [0.3, 0.4) is 0 Å². The predicted octanol–water partition coefficient (Wildman–Crippen LogP) is 4.67. The lowest BCUT2D eigenvalue weighted by molar-refractivity contribution is -0.128. The van der Waals surface area contributed by atoms with E-state index in [-0.39, 0.29) is 5.57 Å². The SMILES string of the molecule is C=CCOc1ccc(-n2c(C)cc(/C=C3\C(=O)N(C)C(=O)N(c4ccccc4)C3=O)c2C)cc1. The molecule has 0 bridgehead atoms. The number of para-hydroxylation sites is 1. The fourth-order valence-electron chi connectivity index (χ4n) is 3.98. The van der Waals surface area contributed by atoms with Gasteiger partial charge in [-0.25, -0.2) is 9.69 Å². The number of carbonyl (C=O) groups is 3. The Morgan fingerprint density at radius 2 is 1.59 bits per heavy atom. The highest BCUT2D eigenvalue weighted by Crippen LogP contribution is 2.28. The van der Waals surface area contributed by atoms with Crippen LogP contribution in [0.15, 0.2) is 78.9 Å². The molecule has 0 saturated carbocycles. The van der Waals surface area contributed by atoms with E-state index in [0.29, 0.717) is 12.3 Å². The van der Waals surface area contributed by atoms with Gasteiger partial charge in [0.2, 0.25) is 0 Å². The number of urea groups is 1. The zero-order valence-electron chi connectivity index (χ0n) is 19.3. The summed E-state index contributed by atoms with van der Waals surface area (Å²) in [5.74, 6) is -0.538. The van der Waals surface area contributed by atoms with Gasteiger partial charge in [0.15, 0.2) is 0 Å². The molecule has 1 aliphatic heterocycles. The first-order valence-electron chi connectivity index (χ1n) is 10.8. The number of hydrogen-bond donors (Lipinski definition) is 0. The lowest BCUT2D eigenvalue weighted by Crippen LogP contribution is -2.55. The van der Waals surface area contributed by atoms with Gasteiger partial charge in [0.25, 0.3) is 11.8 Å². The summed E-state index contributed by atoms with van der Waals surface area (Å²) in [6.45, 7) is 7.95. The number of likely N-dealkylation sites (N-methyl/N-ethyl adjacent to an activating group) is 1. The predicted molar refractivity (Wildman–Crippen MR) is 131 cm³/mol. The monoisotopic (exact) mass is 455 g/mol. The number of imide groups is 2. The second-order valence-electron chi connectivity index (χ2n) is 7.94. The zero-order chi connectivity index (χ0) is 24.4. The van der Waals surface area contributed by atoms with E-state index >= 15 is 0 Å². The molecule has 0 aliphatic carbocycles. The normalized spacial score (nSPS) is 15.3. The Hall–Kier alpha value is -4.39. The number of benzene rings is 2.